The first-order chi connectivity index (χ1) is 15.8. The summed E-state index contributed by atoms with van der Waals surface area (Å²) in [6.07, 6.45) is 3.96. The Morgan fingerprint density at radius 1 is 1.21 bits per heavy atom. The van der Waals surface area contributed by atoms with Crippen LogP contribution < -0.4 is 15.8 Å². The molecular weight excluding hydrogens is 423 g/mol. The van der Waals surface area contributed by atoms with Crippen molar-refractivity contribution in [2.45, 2.75) is 31.5 Å². The van der Waals surface area contributed by atoms with Crippen molar-refractivity contribution in [1.82, 2.24) is 25.2 Å². The second-order valence-corrected chi connectivity index (χ2v) is 9.11. The van der Waals surface area contributed by atoms with Crippen molar-refractivity contribution in [2.24, 2.45) is 0 Å². The van der Waals surface area contributed by atoms with Crippen molar-refractivity contribution in [3.8, 4) is 0 Å². The maximum atomic E-state index is 14.1. The van der Waals surface area contributed by atoms with Crippen LogP contribution in [0.1, 0.15) is 40.9 Å². The molecule has 0 spiro atoms. The maximum absolute atomic E-state index is 14.1. The molecule has 8 nitrogen and oxygen atoms in total. The Morgan fingerprint density at radius 3 is 2.61 bits per heavy atom. The smallest absolute Gasteiger partial charge is 0.269 e. The fourth-order valence-corrected chi connectivity index (χ4v) is 4.52. The number of piperazine rings is 1. The molecule has 0 bridgehead atoms. The third kappa shape index (κ3) is 4.32. The maximum Gasteiger partial charge on any atom is 0.269 e. The van der Waals surface area contributed by atoms with Gasteiger partial charge in [-0.1, -0.05) is 0 Å². The number of hydrogen-bond donors (Lipinski definition) is 2. The lowest BCUT2D eigenvalue weighted by molar-refractivity contribution is 0.0958. The average molecular weight is 451 g/mol. The Labute approximate surface area is 190 Å². The van der Waals surface area contributed by atoms with Crippen LogP contribution in [0.4, 0.5) is 10.1 Å². The molecule has 9 heteroatoms. The first kappa shape index (κ1) is 21.5. The molecule has 0 aromatic carbocycles. The zero-order chi connectivity index (χ0) is 23.2. The van der Waals surface area contributed by atoms with E-state index in [0.29, 0.717) is 28.7 Å². The van der Waals surface area contributed by atoms with Gasteiger partial charge in [0.15, 0.2) is 0 Å². The molecule has 3 aromatic rings. The van der Waals surface area contributed by atoms with Crippen LogP contribution in [0.5, 0.6) is 0 Å². The first-order valence-electron chi connectivity index (χ1n) is 11.2. The second-order valence-electron chi connectivity index (χ2n) is 9.11. The van der Waals surface area contributed by atoms with Gasteiger partial charge in [0.05, 0.1) is 22.9 Å². The van der Waals surface area contributed by atoms with Gasteiger partial charge in [0.25, 0.3) is 11.5 Å². The number of aromatic amines is 1. The molecule has 33 heavy (non-hydrogen) atoms. The molecule has 2 fully saturated rings. The Bertz CT molecular complexity index is 1250. The van der Waals surface area contributed by atoms with Crippen molar-refractivity contribution < 1.29 is 9.18 Å². The quantitative estimate of drug-likeness (QED) is 0.619. The van der Waals surface area contributed by atoms with Gasteiger partial charge in [-0.05, 0) is 43.2 Å². The highest BCUT2D eigenvalue weighted by atomic mass is 19.1. The molecule has 1 aliphatic carbocycles. The van der Waals surface area contributed by atoms with Crippen molar-refractivity contribution in [3.05, 3.63) is 63.8 Å². The second kappa shape index (κ2) is 8.22. The van der Waals surface area contributed by atoms with Crippen molar-refractivity contribution in [3.63, 3.8) is 0 Å². The predicted octanol–water partition coefficient (Wildman–Crippen LogP) is 2.22. The first-order valence-corrected chi connectivity index (χ1v) is 11.2. The number of pyridine rings is 3. The minimum atomic E-state index is -1.29. The summed E-state index contributed by atoms with van der Waals surface area (Å²) >= 11 is 0. The molecule has 2 atom stereocenters. The van der Waals surface area contributed by atoms with Crippen LogP contribution in [0.25, 0.3) is 11.0 Å². The summed E-state index contributed by atoms with van der Waals surface area (Å²) in [6.45, 7) is 5.73. The number of anilines is 1. The molecule has 1 saturated carbocycles. The highest BCUT2D eigenvalue weighted by Crippen LogP contribution is 2.53. The molecule has 3 aromatic heterocycles. The zero-order valence-corrected chi connectivity index (χ0v) is 18.8. The van der Waals surface area contributed by atoms with Gasteiger partial charge in [-0.3, -0.25) is 19.5 Å². The lowest BCUT2D eigenvalue weighted by atomic mass is 10.1. The van der Waals surface area contributed by atoms with Gasteiger partial charge in [-0.25, -0.2) is 9.37 Å². The summed E-state index contributed by atoms with van der Waals surface area (Å²) in [5.41, 5.74) is 2.78. The summed E-state index contributed by atoms with van der Waals surface area (Å²) < 4.78 is 14.1. The van der Waals surface area contributed by atoms with Crippen molar-refractivity contribution in [1.29, 1.82) is 0 Å². The monoisotopic (exact) mass is 450 g/mol. The lowest BCUT2D eigenvalue weighted by Crippen LogP contribution is -2.46. The standard InChI is InChI=1S/C24H27FN6O2/c1-24(25)11-18(24)17-10-20-21(29-22(17)32)9-15(12-27-20)14-30-5-7-31(8-6-30)16-3-4-19(28-13-16)23(33)26-2/h3-4,9-10,12-13,18H,5-8,11,14H2,1-2H3,(H,26,33)(H,29,32)/t18-,24?/m0/s1. The van der Waals surface area contributed by atoms with E-state index in [2.05, 4.69) is 30.1 Å². The van der Waals surface area contributed by atoms with Crippen molar-refractivity contribution >= 4 is 22.6 Å². The predicted molar refractivity (Wildman–Crippen MR) is 124 cm³/mol. The number of halogens is 1. The SMILES string of the molecule is CNC(=O)c1ccc(N2CCN(Cc3cnc4cc([C@@H]5CC5(C)F)c(=O)[nH]c4c3)CC2)cn1. The fourth-order valence-electron chi connectivity index (χ4n) is 4.52. The zero-order valence-electron chi connectivity index (χ0n) is 18.8. The molecule has 1 unspecified atom stereocenters. The molecule has 0 radical (unpaired) electrons. The van der Waals surface area contributed by atoms with E-state index < -0.39 is 5.67 Å². The van der Waals surface area contributed by atoms with Gasteiger partial charge in [0.2, 0.25) is 0 Å². The van der Waals surface area contributed by atoms with Crippen LogP contribution in [0.15, 0.2) is 41.5 Å². The summed E-state index contributed by atoms with van der Waals surface area (Å²) in [6, 6.07) is 7.36. The van der Waals surface area contributed by atoms with E-state index in [1.165, 1.54) is 6.92 Å². The summed E-state index contributed by atoms with van der Waals surface area (Å²) in [5, 5.41) is 2.58. The minimum absolute atomic E-state index is 0.193. The summed E-state index contributed by atoms with van der Waals surface area (Å²) in [4.78, 5) is 40.4. The molecule has 1 aliphatic heterocycles. The third-order valence-electron chi connectivity index (χ3n) is 6.67. The van der Waals surface area contributed by atoms with Crippen LogP contribution in [-0.4, -0.2) is 64.7 Å². The van der Waals surface area contributed by atoms with Crippen LogP contribution in [-0.2, 0) is 6.54 Å². The van der Waals surface area contributed by atoms with E-state index >= 15 is 0 Å². The Kier molecular flexibility index (Phi) is 5.36. The molecular formula is C24H27FN6O2. The number of aromatic nitrogens is 3. The molecule has 2 aliphatic rings. The normalized spacial score (nSPS) is 23.0. The molecule has 4 heterocycles. The van der Waals surface area contributed by atoms with Gasteiger partial charge in [0, 0.05) is 57.4 Å². The van der Waals surface area contributed by atoms with E-state index in [9.17, 15) is 14.0 Å². The average Bonchev–Trinajstić information content (AvgIpc) is 3.46. The number of alkyl halides is 1. The van der Waals surface area contributed by atoms with E-state index in [1.807, 2.05) is 18.3 Å². The Morgan fingerprint density at radius 2 is 1.97 bits per heavy atom. The summed E-state index contributed by atoms with van der Waals surface area (Å²) in [5.74, 6) is -0.528. The number of carbonyl (C=O) groups is 1. The lowest BCUT2D eigenvalue weighted by Gasteiger charge is -2.36. The number of carbonyl (C=O) groups excluding carboxylic acids is 1. The highest BCUT2D eigenvalue weighted by molar-refractivity contribution is 5.92. The number of nitrogens with one attached hydrogen (secondary N) is 2. The Hall–Kier alpha value is -3.33. The van der Waals surface area contributed by atoms with Crippen LogP contribution in [0, 0.1) is 0 Å². The molecule has 5 rings (SSSR count). The Balaban J connectivity index is 1.22. The molecule has 172 valence electrons. The molecule has 1 amide bonds. The van der Waals surface area contributed by atoms with E-state index in [1.54, 1.807) is 25.4 Å². The fraction of sp³-hybridized carbons (Fsp3) is 0.417. The number of amides is 1. The molecule has 2 N–H and O–H groups in total. The third-order valence-corrected chi connectivity index (χ3v) is 6.67. The van der Waals surface area contributed by atoms with E-state index in [4.69, 9.17) is 0 Å². The van der Waals surface area contributed by atoms with Crippen LogP contribution in [0.2, 0.25) is 0 Å². The van der Waals surface area contributed by atoms with Crippen LogP contribution >= 0.6 is 0 Å². The largest absolute Gasteiger partial charge is 0.368 e. The van der Waals surface area contributed by atoms with Gasteiger partial charge >= 0.3 is 0 Å². The topological polar surface area (TPSA) is 94.2 Å². The van der Waals surface area contributed by atoms with Crippen LogP contribution in [0.3, 0.4) is 0 Å². The van der Waals surface area contributed by atoms with Gasteiger partial charge in [0.1, 0.15) is 11.4 Å². The van der Waals surface area contributed by atoms with Gasteiger partial charge < -0.3 is 15.2 Å². The number of hydrogen-bond acceptors (Lipinski definition) is 6. The molecule has 1 saturated heterocycles. The van der Waals surface area contributed by atoms with E-state index in [0.717, 1.165) is 44.0 Å². The number of H-pyrrole nitrogens is 1. The summed E-state index contributed by atoms with van der Waals surface area (Å²) in [7, 11) is 1.59. The number of fused-ring (bicyclic) bond motifs is 1. The minimum Gasteiger partial charge on any atom is -0.368 e. The van der Waals surface area contributed by atoms with Gasteiger partial charge in [-0.2, -0.15) is 0 Å². The number of rotatable bonds is 5. The van der Waals surface area contributed by atoms with Gasteiger partial charge in [-0.15, -0.1) is 0 Å². The van der Waals surface area contributed by atoms with E-state index in [-0.39, 0.29) is 17.4 Å². The van der Waals surface area contributed by atoms with Crippen molar-refractivity contribution in [2.75, 3.05) is 38.1 Å². The number of nitrogens with zero attached hydrogens (tertiary/aromatic N) is 4. The highest BCUT2D eigenvalue weighted by Gasteiger charge is 2.53.